The van der Waals surface area contributed by atoms with Gasteiger partial charge in [0.1, 0.15) is 11.6 Å². The van der Waals surface area contributed by atoms with Crippen LogP contribution in [0, 0.1) is 0 Å². The summed E-state index contributed by atoms with van der Waals surface area (Å²) in [6.45, 7) is 2.99. The topological polar surface area (TPSA) is 74.7 Å². The molecule has 6 nitrogen and oxygen atoms in total. The summed E-state index contributed by atoms with van der Waals surface area (Å²) in [6.07, 6.45) is 1.63. The number of carbonyl (C=O) groups is 1. The van der Waals surface area contributed by atoms with E-state index in [9.17, 15) is 9.90 Å². The zero-order valence-corrected chi connectivity index (χ0v) is 15.3. The van der Waals surface area contributed by atoms with Crippen molar-refractivity contribution in [2.75, 3.05) is 36.5 Å². The van der Waals surface area contributed by atoms with E-state index in [-0.39, 0.29) is 17.2 Å². The number of nitrogens with one attached hydrogen (secondary N) is 1. The Morgan fingerprint density at radius 2 is 1.79 bits per heavy atom. The van der Waals surface area contributed by atoms with E-state index in [0.717, 1.165) is 24.5 Å². The molecule has 2 N–H and O–H groups in total. The lowest BCUT2D eigenvalue weighted by Crippen LogP contribution is -2.36. The molecular weight excluding hydrogens is 354 g/mol. The maximum Gasteiger partial charge on any atom is 0.259 e. The predicted molar refractivity (Wildman–Crippen MR) is 109 cm³/mol. The molecule has 142 valence electrons. The van der Waals surface area contributed by atoms with Crippen LogP contribution < -0.4 is 10.2 Å². The maximum absolute atomic E-state index is 12.7. The van der Waals surface area contributed by atoms with Crippen LogP contribution in [0.5, 0.6) is 5.75 Å². The van der Waals surface area contributed by atoms with Gasteiger partial charge in [0.2, 0.25) is 0 Å². The van der Waals surface area contributed by atoms with Crippen molar-refractivity contribution >= 4 is 17.4 Å². The van der Waals surface area contributed by atoms with Crippen LogP contribution in [0.4, 0.5) is 11.5 Å². The summed E-state index contributed by atoms with van der Waals surface area (Å²) in [5, 5.41) is 13.4. The summed E-state index contributed by atoms with van der Waals surface area (Å²) in [5.41, 5.74) is 2.27. The molecule has 1 aromatic heterocycles. The summed E-state index contributed by atoms with van der Waals surface area (Å²) in [6, 6.07) is 18.3. The van der Waals surface area contributed by atoms with Crippen molar-refractivity contribution in [3.63, 3.8) is 0 Å². The Morgan fingerprint density at radius 1 is 1.00 bits per heavy atom. The van der Waals surface area contributed by atoms with E-state index < -0.39 is 0 Å². The van der Waals surface area contributed by atoms with Gasteiger partial charge in [0.05, 0.1) is 30.7 Å². The molecule has 0 spiro atoms. The Hall–Kier alpha value is -3.38. The molecule has 1 aliphatic heterocycles. The minimum Gasteiger partial charge on any atom is -0.506 e. The number of pyridine rings is 1. The highest BCUT2D eigenvalue weighted by Crippen LogP contribution is 2.32. The number of benzene rings is 2. The lowest BCUT2D eigenvalue weighted by atomic mass is 10.0. The quantitative estimate of drug-likeness (QED) is 0.730. The van der Waals surface area contributed by atoms with Crippen LogP contribution in [-0.4, -0.2) is 42.3 Å². The number of hydrogen-bond acceptors (Lipinski definition) is 5. The number of phenolic OH excluding ortho intramolecular Hbond substituents is 1. The van der Waals surface area contributed by atoms with E-state index in [1.54, 1.807) is 24.4 Å². The first-order valence-corrected chi connectivity index (χ1v) is 9.20. The Bertz CT molecular complexity index is 953. The first kappa shape index (κ1) is 18.0. The van der Waals surface area contributed by atoms with Crippen molar-refractivity contribution < 1.29 is 14.6 Å². The van der Waals surface area contributed by atoms with Crippen molar-refractivity contribution in [1.82, 2.24) is 4.98 Å². The molecule has 1 aliphatic rings. The second-order valence-corrected chi connectivity index (χ2v) is 6.53. The fourth-order valence-corrected chi connectivity index (χ4v) is 3.22. The molecule has 2 aromatic carbocycles. The van der Waals surface area contributed by atoms with Gasteiger partial charge in [-0.2, -0.15) is 0 Å². The fourth-order valence-electron chi connectivity index (χ4n) is 3.22. The third-order valence-corrected chi connectivity index (χ3v) is 4.71. The minimum atomic E-state index is -0.379. The largest absolute Gasteiger partial charge is 0.506 e. The molecule has 6 heteroatoms. The molecule has 28 heavy (non-hydrogen) atoms. The Balaban J connectivity index is 1.51. The summed E-state index contributed by atoms with van der Waals surface area (Å²) in [5.74, 6) is 0.440. The molecule has 0 radical (unpaired) electrons. The molecule has 2 heterocycles. The average molecular weight is 375 g/mol. The summed E-state index contributed by atoms with van der Waals surface area (Å²) < 4.78 is 5.35. The zero-order valence-electron chi connectivity index (χ0n) is 15.3. The number of amides is 1. The van der Waals surface area contributed by atoms with Gasteiger partial charge < -0.3 is 20.1 Å². The van der Waals surface area contributed by atoms with Gasteiger partial charge in [0.25, 0.3) is 5.91 Å². The van der Waals surface area contributed by atoms with Gasteiger partial charge in [-0.25, -0.2) is 4.98 Å². The number of anilines is 2. The maximum atomic E-state index is 12.7. The average Bonchev–Trinajstić information content (AvgIpc) is 2.75. The van der Waals surface area contributed by atoms with Crippen molar-refractivity contribution in [2.24, 2.45) is 0 Å². The van der Waals surface area contributed by atoms with Gasteiger partial charge in [-0.15, -0.1) is 0 Å². The fraction of sp³-hybridized carbons (Fsp3) is 0.182. The van der Waals surface area contributed by atoms with E-state index in [0.29, 0.717) is 24.5 Å². The van der Waals surface area contributed by atoms with Crippen LogP contribution in [0.3, 0.4) is 0 Å². The Morgan fingerprint density at radius 3 is 2.50 bits per heavy atom. The Labute approximate surface area is 163 Å². The normalized spacial score (nSPS) is 13.9. The van der Waals surface area contributed by atoms with Crippen molar-refractivity contribution in [3.8, 4) is 16.9 Å². The zero-order chi connectivity index (χ0) is 19.3. The standard InChI is InChI=1S/C22H21N3O3/c26-21-18(16-5-2-1-3-6-16)7-4-8-19(21)22(27)24-17-9-10-20(23-15-17)25-11-13-28-14-12-25/h1-10,15,26H,11-14H2,(H,24,27). The third kappa shape index (κ3) is 3.82. The van der Waals surface area contributed by atoms with E-state index >= 15 is 0 Å². The van der Waals surface area contributed by atoms with Crippen LogP contribution in [0.1, 0.15) is 10.4 Å². The van der Waals surface area contributed by atoms with Crippen molar-refractivity contribution in [3.05, 3.63) is 72.4 Å². The van der Waals surface area contributed by atoms with Gasteiger partial charge in [-0.1, -0.05) is 42.5 Å². The number of para-hydroxylation sites is 1. The molecule has 0 atom stereocenters. The number of nitrogens with zero attached hydrogens (tertiary/aromatic N) is 2. The molecular formula is C22H21N3O3. The van der Waals surface area contributed by atoms with Gasteiger partial charge in [-0.05, 0) is 23.8 Å². The highest BCUT2D eigenvalue weighted by Gasteiger charge is 2.16. The highest BCUT2D eigenvalue weighted by atomic mass is 16.5. The van der Waals surface area contributed by atoms with Crippen LogP contribution >= 0.6 is 0 Å². The van der Waals surface area contributed by atoms with Crippen LogP contribution in [-0.2, 0) is 4.74 Å². The molecule has 0 aliphatic carbocycles. The number of morpholine rings is 1. The van der Waals surface area contributed by atoms with Crippen LogP contribution in [0.25, 0.3) is 11.1 Å². The summed E-state index contributed by atoms with van der Waals surface area (Å²) in [4.78, 5) is 19.3. The van der Waals surface area contributed by atoms with Gasteiger partial charge in [-0.3, -0.25) is 4.79 Å². The number of aromatic hydroxyl groups is 1. The number of aromatic nitrogens is 1. The van der Waals surface area contributed by atoms with Crippen LogP contribution in [0.2, 0.25) is 0 Å². The molecule has 1 fully saturated rings. The second kappa shape index (κ2) is 8.10. The third-order valence-electron chi connectivity index (χ3n) is 4.71. The molecule has 1 amide bonds. The van der Waals surface area contributed by atoms with Crippen molar-refractivity contribution in [2.45, 2.75) is 0 Å². The minimum absolute atomic E-state index is 0.0379. The van der Waals surface area contributed by atoms with Crippen LogP contribution in [0.15, 0.2) is 66.9 Å². The van der Waals surface area contributed by atoms with Gasteiger partial charge in [0.15, 0.2) is 0 Å². The smallest absolute Gasteiger partial charge is 0.259 e. The number of rotatable bonds is 4. The number of phenols is 1. The number of ether oxygens (including phenoxy) is 1. The number of carbonyl (C=O) groups excluding carboxylic acids is 1. The highest BCUT2D eigenvalue weighted by molar-refractivity contribution is 6.07. The summed E-state index contributed by atoms with van der Waals surface area (Å²) in [7, 11) is 0. The van der Waals surface area contributed by atoms with Crippen molar-refractivity contribution in [1.29, 1.82) is 0 Å². The first-order chi connectivity index (χ1) is 13.7. The SMILES string of the molecule is O=C(Nc1ccc(N2CCOCC2)nc1)c1cccc(-c2ccccc2)c1O. The molecule has 3 aromatic rings. The van der Waals surface area contributed by atoms with E-state index in [1.165, 1.54) is 0 Å². The predicted octanol–water partition coefficient (Wildman–Crippen LogP) is 3.54. The van der Waals surface area contributed by atoms with E-state index in [1.807, 2.05) is 42.5 Å². The molecule has 0 saturated carbocycles. The molecule has 0 unspecified atom stereocenters. The molecule has 1 saturated heterocycles. The Kier molecular flexibility index (Phi) is 5.21. The molecule has 0 bridgehead atoms. The lowest BCUT2D eigenvalue weighted by Gasteiger charge is -2.27. The van der Waals surface area contributed by atoms with E-state index in [4.69, 9.17) is 4.74 Å². The lowest BCUT2D eigenvalue weighted by molar-refractivity contribution is 0.102. The first-order valence-electron chi connectivity index (χ1n) is 9.20. The van der Waals surface area contributed by atoms with Gasteiger partial charge >= 0.3 is 0 Å². The second-order valence-electron chi connectivity index (χ2n) is 6.53. The van der Waals surface area contributed by atoms with Gasteiger partial charge in [0, 0.05) is 18.7 Å². The number of hydrogen-bond donors (Lipinski definition) is 2. The van der Waals surface area contributed by atoms with E-state index in [2.05, 4.69) is 15.2 Å². The molecule has 4 rings (SSSR count). The monoisotopic (exact) mass is 375 g/mol. The summed E-state index contributed by atoms with van der Waals surface area (Å²) >= 11 is 0.